The number of benzene rings is 1. The van der Waals surface area contributed by atoms with Crippen molar-refractivity contribution >= 4 is 18.0 Å². The molecule has 0 unspecified atom stereocenters. The minimum Gasteiger partial charge on any atom is -0.467 e. The summed E-state index contributed by atoms with van der Waals surface area (Å²) in [7, 11) is 1.36. The number of ether oxygens (including phenoxy) is 1. The number of amides is 1. The van der Waals surface area contributed by atoms with Crippen molar-refractivity contribution in [3.05, 3.63) is 42.0 Å². The number of likely N-dealkylation sites (tertiary alicyclic amines) is 1. The SMILES string of the molecule is COC(=O)[C@H]1CCCCN1C(=O)/C=C/c1ccccc1. The second kappa shape index (κ2) is 6.89. The number of hydrogen-bond donors (Lipinski definition) is 0. The van der Waals surface area contributed by atoms with Crippen molar-refractivity contribution in [2.75, 3.05) is 13.7 Å². The first kappa shape index (κ1) is 14.3. The molecule has 2 rings (SSSR count). The van der Waals surface area contributed by atoms with Gasteiger partial charge in [0.15, 0.2) is 0 Å². The van der Waals surface area contributed by atoms with Gasteiger partial charge in [-0.3, -0.25) is 4.79 Å². The van der Waals surface area contributed by atoms with Crippen LogP contribution in [-0.2, 0) is 14.3 Å². The van der Waals surface area contributed by atoms with Crippen molar-refractivity contribution in [2.24, 2.45) is 0 Å². The molecule has 0 spiro atoms. The van der Waals surface area contributed by atoms with E-state index in [0.29, 0.717) is 13.0 Å². The Labute approximate surface area is 119 Å². The topological polar surface area (TPSA) is 46.6 Å². The van der Waals surface area contributed by atoms with Crippen molar-refractivity contribution in [2.45, 2.75) is 25.3 Å². The van der Waals surface area contributed by atoms with Gasteiger partial charge in [0.1, 0.15) is 6.04 Å². The lowest BCUT2D eigenvalue weighted by Crippen LogP contribution is -2.47. The average Bonchev–Trinajstić information content (AvgIpc) is 2.52. The van der Waals surface area contributed by atoms with E-state index in [1.165, 1.54) is 13.2 Å². The van der Waals surface area contributed by atoms with E-state index in [2.05, 4.69) is 0 Å². The average molecular weight is 273 g/mol. The van der Waals surface area contributed by atoms with E-state index in [-0.39, 0.29) is 11.9 Å². The van der Waals surface area contributed by atoms with E-state index in [1.54, 1.807) is 11.0 Å². The summed E-state index contributed by atoms with van der Waals surface area (Å²) in [6.07, 6.45) is 5.85. The summed E-state index contributed by atoms with van der Waals surface area (Å²) >= 11 is 0. The summed E-state index contributed by atoms with van der Waals surface area (Å²) in [5, 5.41) is 0. The fraction of sp³-hybridized carbons (Fsp3) is 0.375. The molecule has 1 heterocycles. The molecule has 1 fully saturated rings. The van der Waals surface area contributed by atoms with Crippen LogP contribution in [0.5, 0.6) is 0 Å². The van der Waals surface area contributed by atoms with Crippen LogP contribution < -0.4 is 0 Å². The predicted molar refractivity (Wildman–Crippen MR) is 76.8 cm³/mol. The molecule has 0 aliphatic carbocycles. The third-order valence-electron chi connectivity index (χ3n) is 3.48. The molecular formula is C16H19NO3. The summed E-state index contributed by atoms with van der Waals surface area (Å²) in [6, 6.07) is 9.18. The molecule has 1 amide bonds. The van der Waals surface area contributed by atoms with Crippen LogP contribution in [0.2, 0.25) is 0 Å². The Hall–Kier alpha value is -2.10. The van der Waals surface area contributed by atoms with Crippen molar-refractivity contribution in [1.82, 2.24) is 4.90 Å². The second-order valence-electron chi connectivity index (χ2n) is 4.81. The van der Waals surface area contributed by atoms with Crippen LogP contribution in [0.1, 0.15) is 24.8 Å². The summed E-state index contributed by atoms with van der Waals surface area (Å²) in [4.78, 5) is 25.6. The monoisotopic (exact) mass is 273 g/mol. The van der Waals surface area contributed by atoms with Gasteiger partial charge >= 0.3 is 5.97 Å². The number of hydrogen-bond acceptors (Lipinski definition) is 3. The zero-order valence-corrected chi connectivity index (χ0v) is 11.6. The Balaban J connectivity index is 2.06. The Morgan fingerprint density at radius 2 is 2.00 bits per heavy atom. The lowest BCUT2D eigenvalue weighted by molar-refractivity contribution is -0.153. The van der Waals surface area contributed by atoms with Crippen molar-refractivity contribution in [3.63, 3.8) is 0 Å². The number of carbonyl (C=O) groups excluding carboxylic acids is 2. The van der Waals surface area contributed by atoms with Crippen LogP contribution in [0, 0.1) is 0 Å². The lowest BCUT2D eigenvalue weighted by atomic mass is 10.0. The summed E-state index contributed by atoms with van der Waals surface area (Å²) in [5.74, 6) is -0.463. The van der Waals surface area contributed by atoms with Gasteiger partial charge < -0.3 is 9.64 Å². The number of methoxy groups -OCH3 is 1. The molecule has 0 aromatic heterocycles. The smallest absolute Gasteiger partial charge is 0.328 e. The Bertz CT molecular complexity index is 496. The first-order valence-electron chi connectivity index (χ1n) is 6.84. The molecule has 1 atom stereocenters. The largest absolute Gasteiger partial charge is 0.467 e. The van der Waals surface area contributed by atoms with E-state index in [0.717, 1.165) is 18.4 Å². The van der Waals surface area contributed by atoms with E-state index < -0.39 is 6.04 Å². The lowest BCUT2D eigenvalue weighted by Gasteiger charge is -2.32. The molecule has 0 N–H and O–H groups in total. The maximum Gasteiger partial charge on any atom is 0.328 e. The molecule has 1 saturated heterocycles. The van der Waals surface area contributed by atoms with Gasteiger partial charge in [0, 0.05) is 12.6 Å². The minimum absolute atomic E-state index is 0.135. The number of piperidine rings is 1. The quantitative estimate of drug-likeness (QED) is 0.627. The molecule has 1 aliphatic rings. The highest BCUT2D eigenvalue weighted by Gasteiger charge is 2.31. The zero-order valence-electron chi connectivity index (χ0n) is 11.6. The van der Waals surface area contributed by atoms with Gasteiger partial charge in [0.2, 0.25) is 5.91 Å². The first-order valence-corrected chi connectivity index (χ1v) is 6.84. The van der Waals surface area contributed by atoms with Gasteiger partial charge in [-0.05, 0) is 30.9 Å². The highest BCUT2D eigenvalue weighted by Crippen LogP contribution is 2.18. The number of rotatable bonds is 3. The van der Waals surface area contributed by atoms with Gasteiger partial charge in [0.25, 0.3) is 0 Å². The van der Waals surface area contributed by atoms with Crippen LogP contribution in [0.4, 0.5) is 0 Å². The fourth-order valence-electron chi connectivity index (χ4n) is 2.40. The van der Waals surface area contributed by atoms with Gasteiger partial charge in [-0.25, -0.2) is 4.79 Å². The van der Waals surface area contributed by atoms with Crippen LogP contribution in [0.25, 0.3) is 6.08 Å². The minimum atomic E-state index is -0.443. The highest BCUT2D eigenvalue weighted by molar-refractivity contribution is 5.94. The Morgan fingerprint density at radius 1 is 1.25 bits per heavy atom. The molecule has 4 nitrogen and oxygen atoms in total. The molecule has 1 aromatic carbocycles. The Morgan fingerprint density at radius 3 is 2.70 bits per heavy atom. The molecule has 20 heavy (non-hydrogen) atoms. The molecule has 1 aromatic rings. The fourth-order valence-corrected chi connectivity index (χ4v) is 2.40. The van der Waals surface area contributed by atoms with E-state index in [9.17, 15) is 9.59 Å². The van der Waals surface area contributed by atoms with Crippen molar-refractivity contribution in [1.29, 1.82) is 0 Å². The molecular weight excluding hydrogens is 254 g/mol. The first-order chi connectivity index (χ1) is 9.72. The molecule has 0 radical (unpaired) electrons. The summed E-state index contributed by atoms with van der Waals surface area (Å²) < 4.78 is 4.78. The molecule has 1 aliphatic heterocycles. The van der Waals surface area contributed by atoms with Crippen LogP contribution in [0.3, 0.4) is 0 Å². The van der Waals surface area contributed by atoms with E-state index in [1.807, 2.05) is 30.3 Å². The zero-order chi connectivity index (χ0) is 14.4. The van der Waals surface area contributed by atoms with Crippen molar-refractivity contribution < 1.29 is 14.3 Å². The van der Waals surface area contributed by atoms with Gasteiger partial charge in [-0.2, -0.15) is 0 Å². The van der Waals surface area contributed by atoms with E-state index >= 15 is 0 Å². The third-order valence-corrected chi connectivity index (χ3v) is 3.48. The van der Waals surface area contributed by atoms with Gasteiger partial charge in [-0.15, -0.1) is 0 Å². The van der Waals surface area contributed by atoms with Crippen LogP contribution in [0.15, 0.2) is 36.4 Å². The summed E-state index contributed by atoms with van der Waals surface area (Å²) in [5.41, 5.74) is 0.965. The maximum absolute atomic E-state index is 12.2. The number of carbonyl (C=O) groups is 2. The Kier molecular flexibility index (Phi) is 4.93. The second-order valence-corrected chi connectivity index (χ2v) is 4.81. The normalized spacial score (nSPS) is 19.1. The maximum atomic E-state index is 12.2. The standard InChI is InChI=1S/C16H19NO3/c1-20-16(19)14-9-5-6-12-17(14)15(18)11-10-13-7-3-2-4-8-13/h2-4,7-8,10-11,14H,5-6,9,12H2,1H3/b11-10+/t14-/m1/s1. The summed E-state index contributed by atoms with van der Waals surface area (Å²) in [6.45, 7) is 0.609. The van der Waals surface area contributed by atoms with Crippen LogP contribution in [-0.4, -0.2) is 36.5 Å². The molecule has 0 saturated carbocycles. The van der Waals surface area contributed by atoms with Crippen LogP contribution >= 0.6 is 0 Å². The molecule has 4 heteroatoms. The molecule has 0 bridgehead atoms. The highest BCUT2D eigenvalue weighted by atomic mass is 16.5. The number of nitrogens with zero attached hydrogens (tertiary/aromatic N) is 1. The molecule has 106 valence electrons. The van der Waals surface area contributed by atoms with Crippen molar-refractivity contribution in [3.8, 4) is 0 Å². The predicted octanol–water partition coefficient (Wildman–Crippen LogP) is 2.25. The number of esters is 1. The third kappa shape index (κ3) is 3.47. The van der Waals surface area contributed by atoms with Gasteiger partial charge in [0.05, 0.1) is 7.11 Å². The van der Waals surface area contributed by atoms with E-state index in [4.69, 9.17) is 4.74 Å². The van der Waals surface area contributed by atoms with Gasteiger partial charge in [-0.1, -0.05) is 30.3 Å².